The number of rotatable bonds is 5. The van der Waals surface area contributed by atoms with Crippen LogP contribution in [0.4, 0.5) is 0 Å². The van der Waals surface area contributed by atoms with E-state index in [1.165, 1.54) is 18.2 Å². The van der Waals surface area contributed by atoms with Crippen LogP contribution in [0, 0.1) is 0 Å². The fourth-order valence-corrected chi connectivity index (χ4v) is 3.76. The van der Waals surface area contributed by atoms with Crippen LogP contribution in [-0.4, -0.2) is 38.9 Å². The second kappa shape index (κ2) is 7.98. The molecule has 1 saturated heterocycles. The predicted molar refractivity (Wildman–Crippen MR) is 112 cm³/mol. The Morgan fingerprint density at radius 2 is 1.90 bits per heavy atom. The maximum absolute atomic E-state index is 12.7. The molecule has 0 aliphatic carbocycles. The Kier molecular flexibility index (Phi) is 5.22. The quantitative estimate of drug-likeness (QED) is 0.665. The van der Waals surface area contributed by atoms with Gasteiger partial charge in [-0.15, -0.1) is 0 Å². The van der Waals surface area contributed by atoms with Gasteiger partial charge < -0.3 is 15.2 Å². The van der Waals surface area contributed by atoms with Crippen molar-refractivity contribution in [2.75, 3.05) is 6.54 Å². The summed E-state index contributed by atoms with van der Waals surface area (Å²) in [4.78, 5) is 54.1. The van der Waals surface area contributed by atoms with Gasteiger partial charge in [0.2, 0.25) is 5.91 Å². The summed E-state index contributed by atoms with van der Waals surface area (Å²) in [6, 6.07) is 13.6. The first-order chi connectivity index (χ1) is 14.5. The van der Waals surface area contributed by atoms with Gasteiger partial charge >= 0.3 is 5.69 Å². The van der Waals surface area contributed by atoms with E-state index < -0.39 is 23.2 Å². The number of H-pyrrole nitrogens is 1. The molecule has 8 nitrogen and oxygen atoms in total. The molecule has 2 aromatic carbocycles. The lowest BCUT2D eigenvalue weighted by Crippen LogP contribution is -2.41. The standard InChI is InChI=1S/C22H22N4O4/c1-2-26-20(28)16-9-8-15(12-18(16)24-22(26)30)19(27)23-17-10-11-25(21(17)29)13-14-6-4-3-5-7-14/h3-9,12,17H,2,10-11,13H2,1H3,(H,23,27)(H,24,30). The summed E-state index contributed by atoms with van der Waals surface area (Å²) < 4.78 is 1.10. The van der Waals surface area contributed by atoms with E-state index in [-0.39, 0.29) is 18.0 Å². The third-order valence-electron chi connectivity index (χ3n) is 5.38. The van der Waals surface area contributed by atoms with Crippen LogP contribution in [0.15, 0.2) is 58.1 Å². The summed E-state index contributed by atoms with van der Waals surface area (Å²) in [5, 5.41) is 3.10. The van der Waals surface area contributed by atoms with Crippen molar-refractivity contribution in [1.29, 1.82) is 0 Å². The summed E-state index contributed by atoms with van der Waals surface area (Å²) in [5.41, 5.74) is 0.696. The van der Waals surface area contributed by atoms with Crippen LogP contribution in [0.1, 0.15) is 29.3 Å². The van der Waals surface area contributed by atoms with E-state index >= 15 is 0 Å². The second-order valence-electron chi connectivity index (χ2n) is 7.30. The summed E-state index contributed by atoms with van der Waals surface area (Å²) in [6.45, 7) is 3.05. The maximum atomic E-state index is 12.7. The van der Waals surface area contributed by atoms with Gasteiger partial charge in [0.15, 0.2) is 0 Å². The Balaban J connectivity index is 1.50. The molecule has 30 heavy (non-hydrogen) atoms. The molecule has 1 aliphatic rings. The molecule has 3 aromatic rings. The van der Waals surface area contributed by atoms with Crippen molar-refractivity contribution in [2.45, 2.75) is 32.5 Å². The zero-order valence-corrected chi connectivity index (χ0v) is 16.6. The average molecular weight is 406 g/mol. The van der Waals surface area contributed by atoms with Gasteiger partial charge in [0.1, 0.15) is 6.04 Å². The number of amides is 2. The summed E-state index contributed by atoms with van der Waals surface area (Å²) in [7, 11) is 0. The van der Waals surface area contributed by atoms with Gasteiger partial charge in [0.05, 0.1) is 10.9 Å². The number of hydrogen-bond donors (Lipinski definition) is 2. The van der Waals surface area contributed by atoms with Crippen molar-refractivity contribution < 1.29 is 9.59 Å². The number of nitrogens with zero attached hydrogens (tertiary/aromatic N) is 2. The lowest BCUT2D eigenvalue weighted by atomic mass is 10.1. The van der Waals surface area contributed by atoms with Crippen LogP contribution in [-0.2, 0) is 17.9 Å². The maximum Gasteiger partial charge on any atom is 0.328 e. The average Bonchev–Trinajstić information content (AvgIpc) is 3.08. The number of carbonyl (C=O) groups is 2. The number of likely N-dealkylation sites (tertiary alicyclic amines) is 1. The molecule has 2 amide bonds. The molecule has 1 unspecified atom stereocenters. The largest absolute Gasteiger partial charge is 0.340 e. The summed E-state index contributed by atoms with van der Waals surface area (Å²) in [6.07, 6.45) is 0.531. The van der Waals surface area contributed by atoms with Crippen LogP contribution < -0.4 is 16.6 Å². The molecule has 8 heteroatoms. The highest BCUT2D eigenvalue weighted by Gasteiger charge is 2.32. The molecule has 0 saturated carbocycles. The van der Waals surface area contributed by atoms with Crippen LogP contribution in [0.25, 0.3) is 10.9 Å². The zero-order chi connectivity index (χ0) is 21.3. The Bertz CT molecular complexity index is 1230. The van der Waals surface area contributed by atoms with E-state index in [2.05, 4.69) is 10.3 Å². The first-order valence-electron chi connectivity index (χ1n) is 9.88. The van der Waals surface area contributed by atoms with Crippen molar-refractivity contribution in [2.24, 2.45) is 0 Å². The van der Waals surface area contributed by atoms with Gasteiger partial charge in [-0.3, -0.25) is 19.0 Å². The molecule has 0 radical (unpaired) electrons. The molecule has 154 valence electrons. The van der Waals surface area contributed by atoms with E-state index in [4.69, 9.17) is 0 Å². The van der Waals surface area contributed by atoms with Crippen LogP contribution in [0.5, 0.6) is 0 Å². The Labute approximate surface area is 172 Å². The fraction of sp³-hybridized carbons (Fsp3) is 0.273. The molecule has 4 rings (SSSR count). The molecular weight excluding hydrogens is 384 g/mol. The van der Waals surface area contributed by atoms with Crippen molar-refractivity contribution in [3.8, 4) is 0 Å². The molecule has 1 fully saturated rings. The number of carbonyl (C=O) groups excluding carboxylic acids is 2. The van der Waals surface area contributed by atoms with Gasteiger partial charge in [-0.05, 0) is 37.1 Å². The summed E-state index contributed by atoms with van der Waals surface area (Å²) in [5.74, 6) is -0.537. The summed E-state index contributed by atoms with van der Waals surface area (Å²) >= 11 is 0. The van der Waals surface area contributed by atoms with Gasteiger partial charge in [-0.1, -0.05) is 30.3 Å². The third kappa shape index (κ3) is 3.63. The van der Waals surface area contributed by atoms with Crippen molar-refractivity contribution in [1.82, 2.24) is 19.8 Å². The van der Waals surface area contributed by atoms with Gasteiger partial charge in [0, 0.05) is 25.2 Å². The van der Waals surface area contributed by atoms with E-state index in [9.17, 15) is 19.2 Å². The van der Waals surface area contributed by atoms with Crippen LogP contribution >= 0.6 is 0 Å². The zero-order valence-electron chi connectivity index (χ0n) is 16.6. The van der Waals surface area contributed by atoms with Crippen molar-refractivity contribution >= 4 is 22.7 Å². The van der Waals surface area contributed by atoms with E-state index in [0.29, 0.717) is 30.4 Å². The normalized spacial score (nSPS) is 16.2. The second-order valence-corrected chi connectivity index (χ2v) is 7.30. The Morgan fingerprint density at radius 1 is 1.13 bits per heavy atom. The fourth-order valence-electron chi connectivity index (χ4n) is 3.76. The minimum Gasteiger partial charge on any atom is -0.340 e. The van der Waals surface area contributed by atoms with Crippen molar-refractivity contribution in [3.63, 3.8) is 0 Å². The molecule has 0 bridgehead atoms. The molecule has 0 spiro atoms. The van der Waals surface area contributed by atoms with Crippen molar-refractivity contribution in [3.05, 3.63) is 80.5 Å². The van der Waals surface area contributed by atoms with Crippen LogP contribution in [0.3, 0.4) is 0 Å². The third-order valence-corrected chi connectivity index (χ3v) is 5.38. The van der Waals surface area contributed by atoms with E-state index in [1.54, 1.807) is 11.8 Å². The van der Waals surface area contributed by atoms with E-state index in [0.717, 1.165) is 10.1 Å². The molecule has 1 atom stereocenters. The highest BCUT2D eigenvalue weighted by atomic mass is 16.2. The number of fused-ring (bicyclic) bond motifs is 1. The minimum absolute atomic E-state index is 0.118. The first-order valence-corrected chi connectivity index (χ1v) is 9.88. The number of aromatic amines is 1. The number of hydrogen-bond acceptors (Lipinski definition) is 4. The molecule has 2 N–H and O–H groups in total. The Hall–Kier alpha value is -3.68. The highest BCUT2D eigenvalue weighted by Crippen LogP contribution is 2.16. The Morgan fingerprint density at radius 3 is 2.63 bits per heavy atom. The van der Waals surface area contributed by atoms with Crippen LogP contribution in [0.2, 0.25) is 0 Å². The number of benzene rings is 2. The highest BCUT2D eigenvalue weighted by molar-refractivity contribution is 6.00. The lowest BCUT2D eigenvalue weighted by molar-refractivity contribution is -0.129. The van der Waals surface area contributed by atoms with Gasteiger partial charge in [-0.25, -0.2) is 4.79 Å². The van der Waals surface area contributed by atoms with Gasteiger partial charge in [-0.2, -0.15) is 0 Å². The monoisotopic (exact) mass is 406 g/mol. The predicted octanol–water partition coefficient (Wildman–Crippen LogP) is 1.24. The molecule has 2 heterocycles. The topological polar surface area (TPSA) is 104 Å². The minimum atomic E-state index is -0.593. The SMILES string of the molecule is CCn1c(=O)[nH]c2cc(C(=O)NC3CCN(Cc4ccccc4)C3=O)ccc2c1=O. The smallest absolute Gasteiger partial charge is 0.328 e. The first kappa shape index (κ1) is 19.6. The lowest BCUT2D eigenvalue weighted by Gasteiger charge is -2.17. The number of aromatic nitrogens is 2. The van der Waals surface area contributed by atoms with Gasteiger partial charge in [0.25, 0.3) is 11.5 Å². The molecule has 1 aromatic heterocycles. The molecular formula is C22H22N4O4. The molecule has 1 aliphatic heterocycles. The number of nitrogens with one attached hydrogen (secondary N) is 2. The van der Waals surface area contributed by atoms with E-state index in [1.807, 2.05) is 30.3 Å².